The van der Waals surface area contributed by atoms with Crippen LogP contribution in [0.2, 0.25) is 0 Å². The molecule has 0 saturated heterocycles. The first kappa shape index (κ1) is 19.0. The van der Waals surface area contributed by atoms with Crippen molar-refractivity contribution in [3.05, 3.63) is 109 Å². The van der Waals surface area contributed by atoms with Crippen LogP contribution >= 0.6 is 11.3 Å². The Labute approximate surface area is 199 Å². The number of nitrogens with zero attached hydrogens (tertiary/aromatic N) is 3. The summed E-state index contributed by atoms with van der Waals surface area (Å²) < 4.78 is 4.76. The number of nitriles is 1. The third-order valence-electron chi connectivity index (χ3n) is 6.49. The highest BCUT2D eigenvalue weighted by Gasteiger charge is 2.18. The van der Waals surface area contributed by atoms with Crippen molar-refractivity contribution < 1.29 is 0 Å². The zero-order chi connectivity index (χ0) is 22.6. The smallest absolute Gasteiger partial charge is 0.164 e. The van der Waals surface area contributed by atoms with Crippen molar-refractivity contribution in [2.45, 2.75) is 0 Å². The highest BCUT2D eigenvalue weighted by atomic mass is 32.1. The molecule has 0 radical (unpaired) electrons. The quantitative estimate of drug-likeness (QED) is 0.266. The van der Waals surface area contributed by atoms with Crippen LogP contribution in [0.5, 0.6) is 0 Å². The number of benzene rings is 4. The lowest BCUT2D eigenvalue weighted by molar-refractivity contribution is 1.12. The summed E-state index contributed by atoms with van der Waals surface area (Å²) in [5, 5.41) is 14.8. The van der Waals surface area contributed by atoms with Gasteiger partial charge < -0.3 is 4.57 Å². The van der Waals surface area contributed by atoms with Crippen LogP contribution in [0.1, 0.15) is 5.69 Å². The van der Waals surface area contributed by atoms with Gasteiger partial charge in [-0.2, -0.15) is 5.26 Å². The monoisotopic (exact) mass is 451 g/mol. The van der Waals surface area contributed by atoms with E-state index in [-0.39, 0.29) is 0 Å². The zero-order valence-electron chi connectivity index (χ0n) is 18.1. The first-order valence-electron chi connectivity index (χ1n) is 11.1. The fraction of sp³-hybridized carbons (Fsp3) is 0. The molecule has 0 fully saturated rings. The molecule has 34 heavy (non-hydrogen) atoms. The van der Waals surface area contributed by atoms with Crippen LogP contribution < -0.4 is 0 Å². The van der Waals surface area contributed by atoms with Gasteiger partial charge in [-0.05, 0) is 35.9 Å². The summed E-state index contributed by atoms with van der Waals surface area (Å²) in [7, 11) is 0. The average Bonchev–Trinajstić information content (AvgIpc) is 3.42. The molecule has 4 aromatic carbocycles. The fourth-order valence-corrected chi connectivity index (χ4v) is 6.07. The average molecular weight is 452 g/mol. The Kier molecular flexibility index (Phi) is 4.08. The molecular weight excluding hydrogens is 434 g/mol. The Balaban J connectivity index is 1.62. The van der Waals surface area contributed by atoms with E-state index in [0.29, 0.717) is 5.69 Å². The van der Waals surface area contributed by atoms with Crippen molar-refractivity contribution in [2.75, 3.05) is 0 Å². The summed E-state index contributed by atoms with van der Waals surface area (Å²) in [4.78, 5) is 4.57. The van der Waals surface area contributed by atoms with Gasteiger partial charge >= 0.3 is 0 Å². The molecule has 7 rings (SSSR count). The van der Waals surface area contributed by atoms with Gasteiger partial charge in [0.2, 0.25) is 0 Å². The van der Waals surface area contributed by atoms with Crippen LogP contribution in [-0.4, -0.2) is 9.55 Å². The van der Waals surface area contributed by atoms with Gasteiger partial charge in [0.25, 0.3) is 0 Å². The summed E-state index contributed by atoms with van der Waals surface area (Å²) in [6.45, 7) is 0. The first-order valence-corrected chi connectivity index (χ1v) is 11.9. The second-order valence-corrected chi connectivity index (χ2v) is 9.47. The number of hydrogen-bond donors (Lipinski definition) is 0. The summed E-state index contributed by atoms with van der Waals surface area (Å²) in [5.74, 6) is 0. The van der Waals surface area contributed by atoms with Crippen LogP contribution in [0, 0.1) is 11.3 Å². The molecular formula is C30H17N3S. The van der Waals surface area contributed by atoms with Gasteiger partial charge in [0.15, 0.2) is 5.69 Å². The lowest BCUT2D eigenvalue weighted by atomic mass is 10.1. The predicted molar refractivity (Wildman–Crippen MR) is 142 cm³/mol. The Morgan fingerprint density at radius 1 is 0.647 bits per heavy atom. The lowest BCUT2D eigenvalue weighted by Crippen LogP contribution is -2.00. The van der Waals surface area contributed by atoms with Gasteiger partial charge in [-0.25, -0.2) is 4.98 Å². The Hall–Kier alpha value is -4.46. The van der Waals surface area contributed by atoms with E-state index in [9.17, 15) is 5.26 Å². The van der Waals surface area contributed by atoms with Gasteiger partial charge in [0, 0.05) is 42.7 Å². The molecule has 0 spiro atoms. The van der Waals surface area contributed by atoms with Gasteiger partial charge in [0.05, 0.1) is 16.7 Å². The van der Waals surface area contributed by atoms with E-state index >= 15 is 0 Å². The molecule has 4 heteroatoms. The molecule has 0 aliphatic heterocycles. The van der Waals surface area contributed by atoms with Crippen LogP contribution in [0.25, 0.3) is 58.8 Å². The standard InChI is InChI=1S/C30H17N3S/c31-17-25-28(14-20(18-32-25)19-8-2-1-3-9-19)33-26-12-6-4-10-21(26)23-16-30-24(15-27(23)33)22-11-5-7-13-29(22)34-30/h1-16,18H. The second-order valence-electron chi connectivity index (χ2n) is 8.39. The number of para-hydroxylation sites is 1. The summed E-state index contributed by atoms with van der Waals surface area (Å²) in [6.07, 6.45) is 1.79. The van der Waals surface area contributed by atoms with Crippen molar-refractivity contribution in [1.29, 1.82) is 5.26 Å². The van der Waals surface area contributed by atoms with E-state index in [2.05, 4.69) is 94.5 Å². The first-order chi connectivity index (χ1) is 16.8. The minimum absolute atomic E-state index is 0.414. The van der Waals surface area contributed by atoms with Crippen LogP contribution in [0.3, 0.4) is 0 Å². The summed E-state index contributed by atoms with van der Waals surface area (Å²) >= 11 is 1.82. The maximum atomic E-state index is 9.98. The maximum absolute atomic E-state index is 9.98. The normalized spacial score (nSPS) is 11.5. The molecule has 0 aliphatic carbocycles. The van der Waals surface area contributed by atoms with E-state index in [0.717, 1.165) is 27.8 Å². The number of pyridine rings is 1. The third-order valence-corrected chi connectivity index (χ3v) is 7.63. The van der Waals surface area contributed by atoms with Crippen molar-refractivity contribution >= 4 is 53.3 Å². The van der Waals surface area contributed by atoms with Crippen molar-refractivity contribution in [3.63, 3.8) is 0 Å². The van der Waals surface area contributed by atoms with Crippen molar-refractivity contribution in [1.82, 2.24) is 9.55 Å². The molecule has 3 heterocycles. The molecule has 3 nitrogen and oxygen atoms in total. The topological polar surface area (TPSA) is 41.6 Å². The van der Waals surface area contributed by atoms with Gasteiger partial charge in [-0.1, -0.05) is 66.7 Å². The molecule has 7 aromatic rings. The highest BCUT2D eigenvalue weighted by Crippen LogP contribution is 2.41. The Bertz CT molecular complexity index is 1920. The lowest BCUT2D eigenvalue weighted by Gasteiger charge is -2.11. The van der Waals surface area contributed by atoms with Crippen LogP contribution in [0.15, 0.2) is 103 Å². The van der Waals surface area contributed by atoms with E-state index in [4.69, 9.17) is 0 Å². The maximum Gasteiger partial charge on any atom is 0.164 e. The number of thiophene rings is 1. The van der Waals surface area contributed by atoms with E-state index < -0.39 is 0 Å². The van der Waals surface area contributed by atoms with Crippen LogP contribution in [-0.2, 0) is 0 Å². The largest absolute Gasteiger partial charge is 0.306 e. The number of fused-ring (bicyclic) bond motifs is 6. The SMILES string of the molecule is N#Cc1ncc(-c2ccccc2)cc1-n1c2ccccc2c2cc3sc4ccccc4c3cc21. The van der Waals surface area contributed by atoms with Crippen LogP contribution in [0.4, 0.5) is 0 Å². The molecule has 0 aliphatic rings. The minimum atomic E-state index is 0.414. The predicted octanol–water partition coefficient (Wildman–Crippen LogP) is 8.09. The summed E-state index contributed by atoms with van der Waals surface area (Å²) in [6, 6.07) is 36.1. The van der Waals surface area contributed by atoms with E-state index in [1.54, 1.807) is 6.20 Å². The third kappa shape index (κ3) is 2.71. The molecule has 0 bridgehead atoms. The molecule has 0 amide bonds. The molecule has 0 unspecified atom stereocenters. The van der Waals surface area contributed by atoms with Gasteiger partial charge in [0.1, 0.15) is 6.07 Å². The van der Waals surface area contributed by atoms with E-state index in [1.807, 2.05) is 29.5 Å². The molecule has 0 atom stereocenters. The minimum Gasteiger partial charge on any atom is -0.306 e. The van der Waals surface area contributed by atoms with Gasteiger partial charge in [-0.15, -0.1) is 11.3 Å². The number of hydrogen-bond acceptors (Lipinski definition) is 3. The number of aromatic nitrogens is 2. The Morgan fingerprint density at radius 2 is 1.41 bits per heavy atom. The molecule has 0 saturated carbocycles. The summed E-state index contributed by atoms with van der Waals surface area (Å²) in [5.41, 5.74) is 5.44. The Morgan fingerprint density at radius 3 is 2.26 bits per heavy atom. The second kappa shape index (κ2) is 7.28. The van der Waals surface area contributed by atoms with Crippen molar-refractivity contribution in [2.24, 2.45) is 0 Å². The molecule has 0 N–H and O–H groups in total. The zero-order valence-corrected chi connectivity index (χ0v) is 18.9. The molecule has 158 valence electrons. The molecule has 3 aromatic heterocycles. The fourth-order valence-electron chi connectivity index (χ4n) is 4.94. The van der Waals surface area contributed by atoms with Gasteiger partial charge in [-0.3, -0.25) is 0 Å². The highest BCUT2D eigenvalue weighted by molar-refractivity contribution is 7.25. The number of rotatable bonds is 2. The van der Waals surface area contributed by atoms with E-state index in [1.165, 1.54) is 30.9 Å². The van der Waals surface area contributed by atoms with Crippen molar-refractivity contribution in [3.8, 4) is 22.9 Å².